The van der Waals surface area contributed by atoms with E-state index < -0.39 is 0 Å². The van der Waals surface area contributed by atoms with Gasteiger partial charge in [-0.15, -0.1) is 0 Å². The minimum absolute atomic E-state index is 0.299. The van der Waals surface area contributed by atoms with E-state index in [0.717, 1.165) is 25.2 Å². The highest BCUT2D eigenvalue weighted by Gasteiger charge is 2.27. The highest BCUT2D eigenvalue weighted by Crippen LogP contribution is 2.28. The summed E-state index contributed by atoms with van der Waals surface area (Å²) >= 11 is 0. The number of nitrogens with zero attached hydrogens (tertiary/aromatic N) is 2. The van der Waals surface area contributed by atoms with Gasteiger partial charge in [0.1, 0.15) is 5.82 Å². The second-order valence-electron chi connectivity index (χ2n) is 9.14. The molecule has 0 aliphatic carbocycles. The zero-order chi connectivity index (χ0) is 22.1. The molecule has 2 N–H and O–H groups in total. The number of methoxy groups -OCH3 is 1. The third kappa shape index (κ3) is 7.52. The molecular weight excluding hydrogens is 397 g/mol. The number of likely N-dealkylation sites (tertiary alicyclic amines) is 2. The largest absolute Gasteiger partial charge is 0.377 e. The molecule has 1 aromatic carbocycles. The molecule has 0 radical (unpaired) electrons. The number of hydrogen-bond donors (Lipinski definition) is 2. The summed E-state index contributed by atoms with van der Waals surface area (Å²) < 4.78 is 18.9. The third-order valence-electron chi connectivity index (χ3n) is 6.87. The van der Waals surface area contributed by atoms with Crippen LogP contribution in [0.25, 0.3) is 0 Å². The van der Waals surface area contributed by atoms with Crippen molar-refractivity contribution in [2.24, 2.45) is 11.8 Å². The van der Waals surface area contributed by atoms with Crippen LogP contribution in [0.4, 0.5) is 4.39 Å². The van der Waals surface area contributed by atoms with E-state index in [0.29, 0.717) is 18.8 Å². The maximum absolute atomic E-state index is 13.3. The van der Waals surface area contributed by atoms with Crippen molar-refractivity contribution in [2.75, 3.05) is 46.4 Å². The van der Waals surface area contributed by atoms with Crippen molar-refractivity contribution in [3.63, 3.8) is 0 Å². The molecule has 7 heteroatoms. The van der Waals surface area contributed by atoms with Gasteiger partial charge in [-0.05, 0) is 88.3 Å². The Balaban J connectivity index is 1.52. The summed E-state index contributed by atoms with van der Waals surface area (Å²) in [4.78, 5) is 17.4. The van der Waals surface area contributed by atoms with Gasteiger partial charge >= 0.3 is 0 Å². The van der Waals surface area contributed by atoms with Crippen LogP contribution < -0.4 is 5.48 Å². The van der Waals surface area contributed by atoms with Gasteiger partial charge in [-0.25, -0.2) is 9.87 Å². The molecule has 174 valence electrons. The SMILES string of the molecule is CO[C@H](C[C@H](CCN1CCC[C@@H](CN2CCCCC2)C1)C(=O)NO)c1ccc(F)cc1. The van der Waals surface area contributed by atoms with Crippen molar-refractivity contribution in [1.82, 2.24) is 15.3 Å². The molecular formula is C24H38FN3O3. The lowest BCUT2D eigenvalue weighted by atomic mass is 9.92. The van der Waals surface area contributed by atoms with Crippen LogP contribution >= 0.6 is 0 Å². The Morgan fingerprint density at radius 3 is 2.55 bits per heavy atom. The first-order chi connectivity index (χ1) is 15.1. The fourth-order valence-electron chi connectivity index (χ4n) is 5.10. The van der Waals surface area contributed by atoms with Crippen LogP contribution in [-0.4, -0.2) is 67.3 Å². The highest BCUT2D eigenvalue weighted by molar-refractivity contribution is 5.77. The number of amides is 1. The van der Waals surface area contributed by atoms with Crippen molar-refractivity contribution in [3.8, 4) is 0 Å². The molecule has 0 bridgehead atoms. The lowest BCUT2D eigenvalue weighted by molar-refractivity contribution is -0.135. The summed E-state index contributed by atoms with van der Waals surface area (Å²) in [5.41, 5.74) is 2.66. The Kier molecular flexibility index (Phi) is 9.71. The quantitative estimate of drug-likeness (QED) is 0.434. The predicted octanol–water partition coefficient (Wildman–Crippen LogP) is 3.61. The van der Waals surface area contributed by atoms with Crippen LogP contribution in [0.2, 0.25) is 0 Å². The maximum atomic E-state index is 13.3. The standard InChI is InChI=1S/C24H38FN3O3/c1-31-23(20-7-9-22(25)10-8-20)16-21(24(29)26-30)11-15-28-14-5-6-19(18-28)17-27-12-3-2-4-13-27/h7-10,19,21,23,30H,2-6,11-18H2,1H3,(H,26,29)/t19-,21-,23+/m0/s1. The Bertz CT molecular complexity index is 667. The highest BCUT2D eigenvalue weighted by atomic mass is 19.1. The summed E-state index contributed by atoms with van der Waals surface area (Å²) in [6.45, 7) is 6.63. The minimum atomic E-state index is -0.383. The summed E-state index contributed by atoms with van der Waals surface area (Å²) in [6.07, 6.45) is 7.27. The fraction of sp³-hybridized carbons (Fsp3) is 0.708. The smallest absolute Gasteiger partial charge is 0.246 e. The normalized spacial score (nSPS) is 22.7. The van der Waals surface area contributed by atoms with E-state index in [1.807, 2.05) is 5.48 Å². The fourth-order valence-corrected chi connectivity index (χ4v) is 5.10. The molecule has 6 nitrogen and oxygen atoms in total. The van der Waals surface area contributed by atoms with Gasteiger partial charge in [-0.1, -0.05) is 18.6 Å². The lowest BCUT2D eigenvalue weighted by Crippen LogP contribution is -2.43. The van der Waals surface area contributed by atoms with Crippen LogP contribution in [0.1, 0.15) is 56.6 Å². The van der Waals surface area contributed by atoms with Gasteiger partial charge in [0.2, 0.25) is 5.91 Å². The van der Waals surface area contributed by atoms with E-state index >= 15 is 0 Å². The van der Waals surface area contributed by atoms with Crippen LogP contribution in [-0.2, 0) is 9.53 Å². The van der Waals surface area contributed by atoms with Crippen LogP contribution in [0.3, 0.4) is 0 Å². The molecule has 0 aromatic heterocycles. The molecule has 1 aromatic rings. The molecule has 2 heterocycles. The van der Waals surface area contributed by atoms with Crippen molar-refractivity contribution in [2.45, 2.75) is 51.0 Å². The van der Waals surface area contributed by atoms with Gasteiger partial charge in [-0.2, -0.15) is 0 Å². The molecule has 2 fully saturated rings. The summed E-state index contributed by atoms with van der Waals surface area (Å²) in [6, 6.07) is 6.18. The molecule has 0 spiro atoms. The molecule has 31 heavy (non-hydrogen) atoms. The second kappa shape index (κ2) is 12.5. The molecule has 2 aliphatic rings. The number of benzene rings is 1. The first-order valence-corrected chi connectivity index (χ1v) is 11.8. The Hall–Kier alpha value is -1.54. The molecule has 3 rings (SSSR count). The van der Waals surface area contributed by atoms with Crippen molar-refractivity contribution >= 4 is 5.91 Å². The summed E-state index contributed by atoms with van der Waals surface area (Å²) in [5, 5.41) is 9.25. The molecule has 2 saturated heterocycles. The Morgan fingerprint density at radius 1 is 1.16 bits per heavy atom. The average Bonchev–Trinajstić information content (AvgIpc) is 2.80. The minimum Gasteiger partial charge on any atom is -0.377 e. The monoisotopic (exact) mass is 435 g/mol. The topological polar surface area (TPSA) is 65.0 Å². The molecule has 0 unspecified atom stereocenters. The average molecular weight is 436 g/mol. The first-order valence-electron chi connectivity index (χ1n) is 11.8. The number of carbonyl (C=O) groups excluding carboxylic acids is 1. The Labute approximate surface area is 185 Å². The summed E-state index contributed by atoms with van der Waals surface area (Å²) in [5.74, 6) is -0.358. The number of halogens is 1. The van der Waals surface area contributed by atoms with Gasteiger partial charge in [-0.3, -0.25) is 10.0 Å². The van der Waals surface area contributed by atoms with E-state index in [4.69, 9.17) is 4.74 Å². The number of rotatable bonds is 10. The predicted molar refractivity (Wildman–Crippen MR) is 118 cm³/mol. The van der Waals surface area contributed by atoms with E-state index in [-0.39, 0.29) is 23.7 Å². The van der Waals surface area contributed by atoms with Crippen molar-refractivity contribution in [1.29, 1.82) is 0 Å². The van der Waals surface area contributed by atoms with Crippen LogP contribution in [0, 0.1) is 17.7 Å². The summed E-state index contributed by atoms with van der Waals surface area (Å²) in [7, 11) is 1.60. The number of hydroxylamine groups is 1. The number of piperidine rings is 2. The molecule has 3 atom stereocenters. The lowest BCUT2D eigenvalue weighted by Gasteiger charge is -2.37. The van der Waals surface area contributed by atoms with Gasteiger partial charge < -0.3 is 14.5 Å². The zero-order valence-electron chi connectivity index (χ0n) is 18.8. The Morgan fingerprint density at radius 2 is 1.87 bits per heavy atom. The van der Waals surface area contributed by atoms with Gasteiger partial charge in [0, 0.05) is 26.1 Å². The van der Waals surface area contributed by atoms with Crippen molar-refractivity contribution in [3.05, 3.63) is 35.6 Å². The van der Waals surface area contributed by atoms with Crippen LogP contribution in [0.5, 0.6) is 0 Å². The van der Waals surface area contributed by atoms with E-state index in [9.17, 15) is 14.4 Å². The number of nitrogens with one attached hydrogen (secondary N) is 1. The third-order valence-corrected chi connectivity index (χ3v) is 6.87. The maximum Gasteiger partial charge on any atom is 0.246 e. The number of ether oxygens (including phenoxy) is 1. The number of carbonyl (C=O) groups is 1. The second-order valence-corrected chi connectivity index (χ2v) is 9.14. The van der Waals surface area contributed by atoms with Gasteiger partial charge in [0.15, 0.2) is 0 Å². The van der Waals surface area contributed by atoms with E-state index in [1.165, 1.54) is 63.9 Å². The van der Waals surface area contributed by atoms with E-state index in [2.05, 4.69) is 9.80 Å². The van der Waals surface area contributed by atoms with Gasteiger partial charge in [0.05, 0.1) is 6.10 Å². The number of hydrogen-bond acceptors (Lipinski definition) is 5. The molecule has 2 aliphatic heterocycles. The zero-order valence-corrected chi connectivity index (χ0v) is 18.8. The van der Waals surface area contributed by atoms with Crippen molar-refractivity contribution < 1.29 is 19.1 Å². The van der Waals surface area contributed by atoms with Crippen LogP contribution in [0.15, 0.2) is 24.3 Å². The first kappa shape index (κ1) is 24.1. The molecule has 1 amide bonds. The van der Waals surface area contributed by atoms with E-state index in [1.54, 1.807) is 19.2 Å². The molecule has 0 saturated carbocycles. The van der Waals surface area contributed by atoms with Gasteiger partial charge in [0.25, 0.3) is 0 Å².